The Morgan fingerprint density at radius 3 is 2.04 bits per heavy atom. The van der Waals surface area contributed by atoms with Crippen molar-refractivity contribution in [3.8, 4) is 0 Å². The monoisotopic (exact) mass is 360 g/mol. The van der Waals surface area contributed by atoms with Crippen molar-refractivity contribution in [2.24, 2.45) is 0 Å². The average molecular weight is 360 g/mol. The molecule has 1 aliphatic rings. The van der Waals surface area contributed by atoms with Crippen LogP contribution in [-0.2, 0) is 20.0 Å². The van der Waals surface area contributed by atoms with E-state index in [1.807, 2.05) is 0 Å². The second-order valence-electron chi connectivity index (χ2n) is 5.65. The molecular formula is C14H20N2O5S2. The summed E-state index contributed by atoms with van der Waals surface area (Å²) in [7, 11) is -6.92. The molecular weight excluding hydrogens is 340 g/mol. The first-order valence-electron chi connectivity index (χ1n) is 7.18. The van der Waals surface area contributed by atoms with Crippen molar-refractivity contribution < 1.29 is 21.6 Å². The number of carbonyl (C=O) groups excluding carboxylic acids is 1. The number of ketones is 1. The van der Waals surface area contributed by atoms with Gasteiger partial charge >= 0.3 is 0 Å². The molecule has 1 saturated heterocycles. The third kappa shape index (κ3) is 4.60. The molecule has 0 amide bonds. The van der Waals surface area contributed by atoms with Gasteiger partial charge in [0.05, 0.1) is 11.2 Å². The van der Waals surface area contributed by atoms with Crippen molar-refractivity contribution in [2.45, 2.75) is 30.7 Å². The van der Waals surface area contributed by atoms with Gasteiger partial charge in [-0.15, -0.1) is 0 Å². The maximum absolute atomic E-state index is 12.6. The SMILES string of the molecule is CC(=O)c1ccc(S(=O)(=O)N2CCC(NS(C)(=O)=O)CC2)cc1. The summed E-state index contributed by atoms with van der Waals surface area (Å²) in [6, 6.07) is 5.59. The third-order valence-electron chi connectivity index (χ3n) is 3.73. The zero-order valence-electron chi connectivity index (χ0n) is 13.0. The Bertz CT molecular complexity index is 777. The van der Waals surface area contributed by atoms with Gasteiger partial charge in [0.2, 0.25) is 20.0 Å². The van der Waals surface area contributed by atoms with Crippen LogP contribution in [0.1, 0.15) is 30.1 Å². The maximum Gasteiger partial charge on any atom is 0.243 e. The van der Waals surface area contributed by atoms with E-state index in [0.717, 1.165) is 6.26 Å². The van der Waals surface area contributed by atoms with Crippen LogP contribution in [0.4, 0.5) is 0 Å². The Morgan fingerprint density at radius 2 is 1.61 bits per heavy atom. The highest BCUT2D eigenvalue weighted by Crippen LogP contribution is 2.21. The van der Waals surface area contributed by atoms with Crippen molar-refractivity contribution in [3.63, 3.8) is 0 Å². The normalized spacial score (nSPS) is 18.0. The van der Waals surface area contributed by atoms with Gasteiger partial charge in [0.15, 0.2) is 5.78 Å². The van der Waals surface area contributed by atoms with Crippen molar-refractivity contribution in [2.75, 3.05) is 19.3 Å². The first kappa shape index (κ1) is 18.1. The van der Waals surface area contributed by atoms with Crippen LogP contribution in [0.3, 0.4) is 0 Å². The molecule has 0 atom stereocenters. The van der Waals surface area contributed by atoms with Gasteiger partial charge in [-0.1, -0.05) is 12.1 Å². The number of Topliss-reactive ketones (excluding diaryl/α,β-unsaturated/α-hetero) is 1. The first-order valence-corrected chi connectivity index (χ1v) is 10.5. The highest BCUT2D eigenvalue weighted by Gasteiger charge is 2.30. The Kier molecular flexibility index (Phi) is 5.24. The number of benzene rings is 1. The number of nitrogens with one attached hydrogen (secondary N) is 1. The number of rotatable bonds is 5. The zero-order valence-corrected chi connectivity index (χ0v) is 14.7. The van der Waals surface area contributed by atoms with Crippen LogP contribution in [0.2, 0.25) is 0 Å². The van der Waals surface area contributed by atoms with Gasteiger partial charge in [-0.3, -0.25) is 4.79 Å². The lowest BCUT2D eigenvalue weighted by atomic mass is 10.1. The van der Waals surface area contributed by atoms with Gasteiger partial charge in [0, 0.05) is 24.7 Å². The molecule has 9 heteroatoms. The molecule has 2 rings (SSSR count). The fourth-order valence-electron chi connectivity index (χ4n) is 2.53. The van der Waals surface area contributed by atoms with Crippen molar-refractivity contribution >= 4 is 25.8 Å². The summed E-state index contributed by atoms with van der Waals surface area (Å²) in [4.78, 5) is 11.4. The molecule has 7 nitrogen and oxygen atoms in total. The first-order chi connectivity index (χ1) is 10.6. The predicted octanol–water partition coefficient (Wildman–Crippen LogP) is 0.592. The lowest BCUT2D eigenvalue weighted by Gasteiger charge is -2.31. The molecule has 1 heterocycles. The molecule has 1 N–H and O–H groups in total. The molecule has 0 spiro atoms. The van der Waals surface area contributed by atoms with E-state index in [2.05, 4.69) is 4.72 Å². The predicted molar refractivity (Wildman–Crippen MR) is 86.2 cm³/mol. The third-order valence-corrected chi connectivity index (χ3v) is 6.41. The second-order valence-corrected chi connectivity index (χ2v) is 9.37. The zero-order chi connectivity index (χ0) is 17.3. The largest absolute Gasteiger partial charge is 0.295 e. The number of hydrogen-bond donors (Lipinski definition) is 1. The van der Waals surface area contributed by atoms with Gasteiger partial charge in [0.1, 0.15) is 0 Å². The van der Waals surface area contributed by atoms with Crippen LogP contribution in [0, 0.1) is 0 Å². The molecule has 0 radical (unpaired) electrons. The van der Waals surface area contributed by atoms with E-state index in [1.54, 1.807) is 0 Å². The topological polar surface area (TPSA) is 101 Å². The van der Waals surface area contributed by atoms with E-state index in [1.165, 1.54) is 35.5 Å². The molecule has 0 bridgehead atoms. The average Bonchev–Trinajstić information content (AvgIpc) is 2.46. The van der Waals surface area contributed by atoms with Gasteiger partial charge < -0.3 is 0 Å². The summed E-state index contributed by atoms with van der Waals surface area (Å²) in [5.41, 5.74) is 0.458. The van der Waals surface area contributed by atoms with E-state index in [9.17, 15) is 21.6 Å². The van der Waals surface area contributed by atoms with Crippen molar-refractivity contribution in [1.82, 2.24) is 9.03 Å². The smallest absolute Gasteiger partial charge is 0.243 e. The summed E-state index contributed by atoms with van der Waals surface area (Å²) in [5.74, 6) is -0.124. The molecule has 23 heavy (non-hydrogen) atoms. The van der Waals surface area contributed by atoms with E-state index in [0.29, 0.717) is 18.4 Å². The molecule has 1 aliphatic heterocycles. The van der Waals surface area contributed by atoms with Gasteiger partial charge in [-0.2, -0.15) is 4.31 Å². The van der Waals surface area contributed by atoms with E-state index < -0.39 is 20.0 Å². The number of piperidine rings is 1. The van der Waals surface area contributed by atoms with E-state index in [-0.39, 0.29) is 29.8 Å². The molecule has 0 saturated carbocycles. The summed E-state index contributed by atoms with van der Waals surface area (Å²) in [6.07, 6.45) is 1.95. The number of hydrogen-bond acceptors (Lipinski definition) is 5. The highest BCUT2D eigenvalue weighted by atomic mass is 32.2. The Labute approximate surface area is 136 Å². The molecule has 128 valence electrons. The van der Waals surface area contributed by atoms with Gasteiger partial charge in [-0.05, 0) is 31.9 Å². The minimum Gasteiger partial charge on any atom is -0.295 e. The van der Waals surface area contributed by atoms with Crippen LogP contribution in [0.25, 0.3) is 0 Å². The molecule has 1 aromatic rings. The van der Waals surface area contributed by atoms with Crippen LogP contribution < -0.4 is 4.72 Å². The molecule has 1 fully saturated rings. The van der Waals surface area contributed by atoms with Gasteiger partial charge in [0.25, 0.3) is 0 Å². The van der Waals surface area contributed by atoms with E-state index in [4.69, 9.17) is 0 Å². The minimum absolute atomic E-state index is 0.124. The fourth-order valence-corrected chi connectivity index (χ4v) is 4.84. The summed E-state index contributed by atoms with van der Waals surface area (Å²) >= 11 is 0. The fraction of sp³-hybridized carbons (Fsp3) is 0.500. The van der Waals surface area contributed by atoms with Crippen LogP contribution in [-0.4, -0.2) is 52.3 Å². The second kappa shape index (κ2) is 6.68. The molecule has 0 aromatic heterocycles. The summed E-state index contributed by atoms with van der Waals surface area (Å²) < 4.78 is 51.4. The minimum atomic E-state index is -3.63. The van der Waals surface area contributed by atoms with Gasteiger partial charge in [-0.25, -0.2) is 21.6 Å². The molecule has 0 aliphatic carbocycles. The lowest BCUT2D eigenvalue weighted by molar-refractivity contribution is 0.101. The summed E-state index contributed by atoms with van der Waals surface area (Å²) in [5, 5.41) is 0. The van der Waals surface area contributed by atoms with Crippen LogP contribution >= 0.6 is 0 Å². The Hall–Kier alpha value is -1.29. The lowest BCUT2D eigenvalue weighted by Crippen LogP contribution is -2.46. The summed E-state index contributed by atoms with van der Waals surface area (Å²) in [6.45, 7) is 1.93. The molecule has 0 unspecified atom stereocenters. The Balaban J connectivity index is 2.08. The van der Waals surface area contributed by atoms with Crippen molar-refractivity contribution in [3.05, 3.63) is 29.8 Å². The van der Waals surface area contributed by atoms with Crippen LogP contribution in [0.5, 0.6) is 0 Å². The quantitative estimate of drug-likeness (QED) is 0.775. The Morgan fingerprint density at radius 1 is 1.09 bits per heavy atom. The highest BCUT2D eigenvalue weighted by molar-refractivity contribution is 7.89. The maximum atomic E-state index is 12.6. The van der Waals surface area contributed by atoms with E-state index >= 15 is 0 Å². The number of carbonyl (C=O) groups is 1. The standard InChI is InChI=1S/C14H20N2O5S2/c1-11(17)12-3-5-14(6-4-12)23(20,21)16-9-7-13(8-10-16)15-22(2,18)19/h3-6,13,15H,7-10H2,1-2H3. The van der Waals surface area contributed by atoms with Crippen molar-refractivity contribution in [1.29, 1.82) is 0 Å². The van der Waals surface area contributed by atoms with Crippen LogP contribution in [0.15, 0.2) is 29.2 Å². The molecule has 1 aromatic carbocycles. The number of sulfonamides is 2. The number of nitrogens with zero attached hydrogens (tertiary/aromatic N) is 1.